The number of hydrogen-bond donors (Lipinski definition) is 0. The number of pyridine rings is 2. The number of hydrogen-bond acceptors (Lipinski definition) is 1. The predicted molar refractivity (Wildman–Crippen MR) is 120 cm³/mol. The van der Waals surface area contributed by atoms with Crippen LogP contribution in [0.15, 0.2) is 97.2 Å². The first-order valence-corrected chi connectivity index (χ1v) is 10.1. The number of benzene rings is 2. The maximum absolute atomic E-state index is 4.69. The Bertz CT molecular complexity index is 1080. The molecule has 0 amide bonds. The third-order valence-electron chi connectivity index (χ3n) is 5.15. The van der Waals surface area contributed by atoms with E-state index < -0.39 is 0 Å². The molecule has 2 nitrogen and oxygen atoms in total. The van der Waals surface area contributed by atoms with Crippen LogP contribution in [-0.4, -0.2) is 4.98 Å². The van der Waals surface area contributed by atoms with Gasteiger partial charge < -0.3 is 0 Å². The summed E-state index contributed by atoms with van der Waals surface area (Å²) < 4.78 is 2.42. The summed E-state index contributed by atoms with van der Waals surface area (Å²) in [4.78, 5) is 4.69. The molecule has 0 aliphatic heterocycles. The third-order valence-corrected chi connectivity index (χ3v) is 5.15. The largest absolute Gasteiger partial charge is 0.250 e. The van der Waals surface area contributed by atoms with Crippen molar-refractivity contribution in [3.8, 4) is 22.5 Å². The molecular weight excluding hydrogens is 352 g/mol. The lowest BCUT2D eigenvalue weighted by Gasteiger charge is -2.20. The first-order valence-electron chi connectivity index (χ1n) is 10.1. The average molecular weight is 380 g/mol. The highest BCUT2D eigenvalue weighted by molar-refractivity contribution is 5.68. The van der Waals surface area contributed by atoms with Gasteiger partial charge in [-0.05, 0) is 23.3 Å². The van der Waals surface area contributed by atoms with Crippen LogP contribution in [-0.2, 0) is 12.0 Å². The van der Waals surface area contributed by atoms with Gasteiger partial charge in [-0.15, -0.1) is 0 Å². The van der Waals surface area contributed by atoms with Gasteiger partial charge in [0, 0.05) is 29.3 Å². The molecule has 0 radical (unpaired) electrons. The molecule has 0 spiro atoms. The van der Waals surface area contributed by atoms with E-state index in [9.17, 15) is 0 Å². The molecule has 2 heterocycles. The lowest BCUT2D eigenvalue weighted by molar-refractivity contribution is -0.688. The van der Waals surface area contributed by atoms with Crippen molar-refractivity contribution in [2.24, 2.45) is 0 Å². The van der Waals surface area contributed by atoms with E-state index in [0.717, 1.165) is 17.9 Å². The van der Waals surface area contributed by atoms with Gasteiger partial charge in [-0.25, -0.2) is 4.98 Å². The zero-order valence-corrected chi connectivity index (χ0v) is 17.3. The van der Waals surface area contributed by atoms with Gasteiger partial charge in [0.05, 0.1) is 0 Å². The number of aromatic nitrogens is 2. The van der Waals surface area contributed by atoms with Gasteiger partial charge in [0.1, 0.15) is 5.69 Å². The summed E-state index contributed by atoms with van der Waals surface area (Å²) in [7, 11) is 0. The van der Waals surface area contributed by atoms with E-state index in [-0.39, 0.29) is 5.41 Å². The summed E-state index contributed by atoms with van der Waals surface area (Å²) in [5.74, 6) is 0. The quantitative estimate of drug-likeness (QED) is 0.395. The first kappa shape index (κ1) is 19.1. The van der Waals surface area contributed by atoms with Crippen LogP contribution in [0, 0.1) is 0 Å². The molecule has 0 bridgehead atoms. The van der Waals surface area contributed by atoms with Crippen LogP contribution in [0.1, 0.15) is 32.0 Å². The molecule has 0 aliphatic rings. The molecule has 144 valence electrons. The molecule has 0 fully saturated rings. The first-order chi connectivity index (χ1) is 14.0. The Balaban J connectivity index is 1.98. The highest BCUT2D eigenvalue weighted by Gasteiger charge is 2.30. The average Bonchev–Trinajstić information content (AvgIpc) is 2.75. The monoisotopic (exact) mass is 379 g/mol. The topological polar surface area (TPSA) is 16.8 Å². The summed E-state index contributed by atoms with van der Waals surface area (Å²) in [6.07, 6.45) is 1.87. The van der Waals surface area contributed by atoms with Crippen molar-refractivity contribution in [3.05, 3.63) is 108 Å². The molecule has 2 aromatic carbocycles. The molecule has 0 N–H and O–H groups in total. The van der Waals surface area contributed by atoms with E-state index in [1.807, 2.05) is 12.3 Å². The Morgan fingerprint density at radius 1 is 0.724 bits per heavy atom. The molecule has 4 aromatic rings. The number of rotatable bonds is 4. The van der Waals surface area contributed by atoms with Crippen molar-refractivity contribution in [2.75, 3.05) is 0 Å². The molecule has 29 heavy (non-hydrogen) atoms. The lowest BCUT2D eigenvalue weighted by Crippen LogP contribution is -2.45. The summed E-state index contributed by atoms with van der Waals surface area (Å²) in [5.41, 5.74) is 7.15. The third kappa shape index (κ3) is 4.27. The van der Waals surface area contributed by atoms with Crippen LogP contribution in [0.25, 0.3) is 22.5 Å². The van der Waals surface area contributed by atoms with Crippen LogP contribution in [0.3, 0.4) is 0 Å². The Hall–Kier alpha value is -3.26. The second-order valence-corrected chi connectivity index (χ2v) is 8.42. The molecule has 0 saturated heterocycles. The van der Waals surface area contributed by atoms with Crippen molar-refractivity contribution in [2.45, 2.75) is 32.7 Å². The minimum absolute atomic E-state index is 0.0108. The fourth-order valence-electron chi connectivity index (χ4n) is 3.70. The maximum Gasteiger partial charge on any atom is 0.232 e. The van der Waals surface area contributed by atoms with Crippen molar-refractivity contribution in [1.29, 1.82) is 0 Å². The van der Waals surface area contributed by atoms with E-state index in [1.165, 1.54) is 22.4 Å². The summed E-state index contributed by atoms with van der Waals surface area (Å²) in [6, 6.07) is 32.0. The van der Waals surface area contributed by atoms with Gasteiger partial charge in [0.25, 0.3) is 0 Å². The molecule has 0 atom stereocenters. The molecule has 2 aromatic heterocycles. The van der Waals surface area contributed by atoms with E-state index >= 15 is 0 Å². The molecule has 0 saturated carbocycles. The second-order valence-electron chi connectivity index (χ2n) is 8.42. The smallest absolute Gasteiger partial charge is 0.232 e. The molecular formula is C27H27N2+. The fraction of sp³-hybridized carbons (Fsp3) is 0.185. The summed E-state index contributed by atoms with van der Waals surface area (Å²) >= 11 is 0. The van der Waals surface area contributed by atoms with Gasteiger partial charge in [-0.1, -0.05) is 87.5 Å². The summed E-state index contributed by atoms with van der Waals surface area (Å²) in [6.45, 7) is 7.65. The SMILES string of the molecule is CC(C)(C)c1cc(-c2ccccc2)cc(-c2ccccn2)[n+]1Cc1ccccc1. The van der Waals surface area contributed by atoms with Crippen molar-refractivity contribution in [1.82, 2.24) is 4.98 Å². The molecule has 0 unspecified atom stereocenters. The van der Waals surface area contributed by atoms with Crippen molar-refractivity contribution >= 4 is 0 Å². The predicted octanol–water partition coefficient (Wildman–Crippen LogP) is 6.05. The minimum Gasteiger partial charge on any atom is -0.250 e. The standard InChI is InChI=1S/C27H27N2/c1-27(2,3)26-19-23(22-14-8-5-9-15-22)18-25(24-16-10-11-17-28-24)29(26)20-21-12-6-4-7-13-21/h4-19H,20H2,1-3H3/q+1. The Labute approximate surface area is 173 Å². The summed E-state index contributed by atoms with van der Waals surface area (Å²) in [5, 5.41) is 0. The zero-order valence-electron chi connectivity index (χ0n) is 17.3. The van der Waals surface area contributed by atoms with Gasteiger partial charge in [0.15, 0.2) is 12.2 Å². The van der Waals surface area contributed by atoms with Gasteiger partial charge in [0.2, 0.25) is 5.69 Å². The Morgan fingerprint density at radius 3 is 2.00 bits per heavy atom. The number of nitrogens with zero attached hydrogens (tertiary/aromatic N) is 2. The van der Waals surface area contributed by atoms with E-state index in [4.69, 9.17) is 0 Å². The van der Waals surface area contributed by atoms with Crippen LogP contribution in [0.5, 0.6) is 0 Å². The fourth-order valence-corrected chi connectivity index (χ4v) is 3.70. The molecule has 0 aliphatic carbocycles. The lowest BCUT2D eigenvalue weighted by atomic mass is 9.88. The van der Waals surface area contributed by atoms with Crippen molar-refractivity contribution in [3.63, 3.8) is 0 Å². The van der Waals surface area contributed by atoms with E-state index in [2.05, 4.69) is 115 Å². The highest BCUT2D eigenvalue weighted by atomic mass is 15.0. The van der Waals surface area contributed by atoms with E-state index in [1.54, 1.807) is 0 Å². The zero-order chi connectivity index (χ0) is 20.3. The normalized spacial score (nSPS) is 11.4. The van der Waals surface area contributed by atoms with Crippen LogP contribution < -0.4 is 4.57 Å². The van der Waals surface area contributed by atoms with Crippen LogP contribution >= 0.6 is 0 Å². The highest BCUT2D eigenvalue weighted by Crippen LogP contribution is 2.29. The van der Waals surface area contributed by atoms with Gasteiger partial charge in [-0.2, -0.15) is 4.57 Å². The van der Waals surface area contributed by atoms with Gasteiger partial charge >= 0.3 is 0 Å². The Morgan fingerprint density at radius 2 is 1.38 bits per heavy atom. The molecule has 4 rings (SSSR count). The van der Waals surface area contributed by atoms with Crippen LogP contribution in [0.2, 0.25) is 0 Å². The molecule has 2 heteroatoms. The maximum atomic E-state index is 4.69. The Kier molecular flexibility index (Phi) is 5.26. The van der Waals surface area contributed by atoms with Gasteiger partial charge in [-0.3, -0.25) is 0 Å². The van der Waals surface area contributed by atoms with Crippen LogP contribution in [0.4, 0.5) is 0 Å². The van der Waals surface area contributed by atoms with E-state index in [0.29, 0.717) is 0 Å². The second kappa shape index (κ2) is 8.00. The van der Waals surface area contributed by atoms with Crippen molar-refractivity contribution < 1.29 is 4.57 Å². The minimum atomic E-state index is -0.0108.